The fourth-order valence-electron chi connectivity index (χ4n) is 2.14. The molecule has 1 aromatic rings. The van der Waals surface area contributed by atoms with Crippen molar-refractivity contribution < 1.29 is 9.53 Å². The molecule has 0 amide bonds. The second-order valence-electron chi connectivity index (χ2n) is 4.60. The van der Waals surface area contributed by atoms with Crippen LogP contribution in [0.3, 0.4) is 0 Å². The Morgan fingerprint density at radius 2 is 2.29 bits per heavy atom. The molecule has 0 spiro atoms. The molecule has 1 aliphatic heterocycles. The molecule has 1 aromatic carbocycles. The van der Waals surface area contributed by atoms with Crippen molar-refractivity contribution in [2.75, 3.05) is 19.8 Å². The minimum atomic E-state index is 0.163. The van der Waals surface area contributed by atoms with E-state index in [4.69, 9.17) is 4.74 Å². The number of hydrogen-bond acceptors (Lipinski definition) is 3. The molecule has 0 aromatic heterocycles. The Labute approximate surface area is 102 Å². The first-order chi connectivity index (χ1) is 8.18. The Balaban J connectivity index is 2.06. The van der Waals surface area contributed by atoms with Crippen molar-refractivity contribution in [3.63, 3.8) is 0 Å². The summed E-state index contributed by atoms with van der Waals surface area (Å²) in [7, 11) is 0. The number of Topliss-reactive ketones (excluding diaryl/α,β-unsaturated/α-hetero) is 1. The average Bonchev–Trinajstić information content (AvgIpc) is 2.34. The van der Waals surface area contributed by atoms with Crippen LogP contribution in [0, 0.1) is 13.8 Å². The predicted molar refractivity (Wildman–Crippen MR) is 67.5 cm³/mol. The number of rotatable bonds is 3. The zero-order valence-electron chi connectivity index (χ0n) is 10.5. The number of benzene rings is 1. The van der Waals surface area contributed by atoms with Crippen LogP contribution in [0.25, 0.3) is 0 Å². The van der Waals surface area contributed by atoms with Gasteiger partial charge in [0.05, 0.1) is 13.2 Å². The largest absolute Gasteiger partial charge is 0.378 e. The number of nitrogens with one attached hydrogen (secondary N) is 1. The quantitative estimate of drug-likeness (QED) is 0.810. The average molecular weight is 233 g/mol. The fourth-order valence-corrected chi connectivity index (χ4v) is 2.14. The Hall–Kier alpha value is -1.19. The molecule has 0 saturated carbocycles. The Morgan fingerprint density at radius 1 is 1.47 bits per heavy atom. The van der Waals surface area contributed by atoms with Crippen molar-refractivity contribution in [3.05, 3.63) is 34.9 Å². The van der Waals surface area contributed by atoms with Gasteiger partial charge in [0.1, 0.15) is 0 Å². The van der Waals surface area contributed by atoms with Crippen LogP contribution >= 0.6 is 0 Å². The van der Waals surface area contributed by atoms with E-state index in [2.05, 4.69) is 5.32 Å². The molecule has 2 rings (SSSR count). The van der Waals surface area contributed by atoms with Gasteiger partial charge in [0.2, 0.25) is 0 Å². The van der Waals surface area contributed by atoms with Gasteiger partial charge in [-0.2, -0.15) is 0 Å². The topological polar surface area (TPSA) is 38.3 Å². The summed E-state index contributed by atoms with van der Waals surface area (Å²) in [6.07, 6.45) is 0.518. The van der Waals surface area contributed by atoms with Crippen LogP contribution in [0.1, 0.15) is 27.9 Å². The van der Waals surface area contributed by atoms with Crippen molar-refractivity contribution in [2.45, 2.75) is 26.3 Å². The normalized spacial score (nSPS) is 20.2. The molecule has 92 valence electrons. The van der Waals surface area contributed by atoms with Crippen molar-refractivity contribution in [2.24, 2.45) is 0 Å². The van der Waals surface area contributed by atoms with Gasteiger partial charge in [-0.3, -0.25) is 4.79 Å². The van der Waals surface area contributed by atoms with E-state index in [1.165, 1.54) is 5.56 Å². The highest BCUT2D eigenvalue weighted by molar-refractivity contribution is 5.98. The lowest BCUT2D eigenvalue weighted by Crippen LogP contribution is -2.42. The van der Waals surface area contributed by atoms with Crippen LogP contribution in [0.4, 0.5) is 0 Å². The van der Waals surface area contributed by atoms with Gasteiger partial charge in [-0.15, -0.1) is 0 Å². The number of aryl methyl sites for hydroxylation is 1. The summed E-state index contributed by atoms with van der Waals surface area (Å²) in [5.74, 6) is 0.203. The number of hydrogen-bond donors (Lipinski definition) is 1. The Morgan fingerprint density at radius 3 is 3.00 bits per heavy atom. The number of ketones is 1. The third kappa shape index (κ3) is 2.93. The predicted octanol–water partition coefficient (Wildman–Crippen LogP) is 1.86. The maximum Gasteiger partial charge on any atom is 0.164 e. The highest BCUT2D eigenvalue weighted by atomic mass is 16.5. The third-order valence-corrected chi connectivity index (χ3v) is 3.34. The maximum absolute atomic E-state index is 12.2. The molecule has 1 N–H and O–H groups in total. The van der Waals surface area contributed by atoms with Crippen LogP contribution in [-0.4, -0.2) is 31.6 Å². The molecule has 0 bridgehead atoms. The molecular formula is C14H19NO2. The van der Waals surface area contributed by atoms with Crippen LogP contribution in [0.15, 0.2) is 18.2 Å². The second-order valence-corrected chi connectivity index (χ2v) is 4.60. The molecule has 3 nitrogen and oxygen atoms in total. The smallest absolute Gasteiger partial charge is 0.164 e. The van der Waals surface area contributed by atoms with Gasteiger partial charge in [0.25, 0.3) is 0 Å². The van der Waals surface area contributed by atoms with Crippen LogP contribution in [-0.2, 0) is 4.74 Å². The maximum atomic E-state index is 12.2. The number of ether oxygens (including phenoxy) is 1. The summed E-state index contributed by atoms with van der Waals surface area (Å²) in [5.41, 5.74) is 3.11. The summed E-state index contributed by atoms with van der Waals surface area (Å²) < 4.78 is 5.36. The molecule has 1 heterocycles. The molecule has 1 fully saturated rings. The SMILES string of the molecule is Cc1cccc(C(=O)CC2COCCN2)c1C. The molecule has 1 saturated heterocycles. The summed E-state index contributed by atoms with van der Waals surface area (Å²) in [6.45, 7) is 6.26. The van der Waals surface area contributed by atoms with Gasteiger partial charge >= 0.3 is 0 Å². The molecule has 1 unspecified atom stereocenters. The first kappa shape index (κ1) is 12.3. The lowest BCUT2D eigenvalue weighted by molar-refractivity contribution is 0.0676. The van der Waals surface area contributed by atoms with Crippen molar-refractivity contribution in [1.82, 2.24) is 5.32 Å². The summed E-state index contributed by atoms with van der Waals surface area (Å²) >= 11 is 0. The zero-order chi connectivity index (χ0) is 12.3. The summed E-state index contributed by atoms with van der Waals surface area (Å²) in [6, 6.07) is 6.05. The highest BCUT2D eigenvalue weighted by Gasteiger charge is 2.19. The van der Waals surface area contributed by atoms with Gasteiger partial charge in [-0.05, 0) is 25.0 Å². The molecule has 17 heavy (non-hydrogen) atoms. The van der Waals surface area contributed by atoms with Crippen LogP contribution in [0.5, 0.6) is 0 Å². The van der Waals surface area contributed by atoms with E-state index in [-0.39, 0.29) is 11.8 Å². The minimum absolute atomic E-state index is 0.163. The molecule has 3 heteroatoms. The lowest BCUT2D eigenvalue weighted by atomic mass is 9.96. The first-order valence-corrected chi connectivity index (χ1v) is 6.09. The van der Waals surface area contributed by atoms with Crippen LogP contribution < -0.4 is 5.32 Å². The fraction of sp³-hybridized carbons (Fsp3) is 0.500. The minimum Gasteiger partial charge on any atom is -0.378 e. The third-order valence-electron chi connectivity index (χ3n) is 3.34. The summed E-state index contributed by atoms with van der Waals surface area (Å²) in [4.78, 5) is 12.2. The molecule has 1 aliphatic rings. The van der Waals surface area contributed by atoms with E-state index in [0.29, 0.717) is 13.0 Å². The van der Waals surface area contributed by atoms with E-state index in [9.17, 15) is 4.79 Å². The van der Waals surface area contributed by atoms with Gasteiger partial charge in [-0.25, -0.2) is 0 Å². The molecule has 0 radical (unpaired) electrons. The van der Waals surface area contributed by atoms with E-state index in [1.54, 1.807) is 0 Å². The molecule has 1 atom stereocenters. The van der Waals surface area contributed by atoms with Gasteiger partial charge in [-0.1, -0.05) is 18.2 Å². The Bertz CT molecular complexity index is 409. The first-order valence-electron chi connectivity index (χ1n) is 6.09. The zero-order valence-corrected chi connectivity index (χ0v) is 10.5. The van der Waals surface area contributed by atoms with Crippen molar-refractivity contribution >= 4 is 5.78 Å². The highest BCUT2D eigenvalue weighted by Crippen LogP contribution is 2.15. The van der Waals surface area contributed by atoms with Gasteiger partial charge in [0.15, 0.2) is 5.78 Å². The van der Waals surface area contributed by atoms with Crippen molar-refractivity contribution in [1.29, 1.82) is 0 Å². The Kier molecular flexibility index (Phi) is 3.92. The van der Waals surface area contributed by atoms with Gasteiger partial charge in [0, 0.05) is 24.6 Å². The van der Waals surface area contributed by atoms with E-state index in [0.717, 1.165) is 24.3 Å². The molecule has 0 aliphatic carbocycles. The number of carbonyl (C=O) groups excluding carboxylic acids is 1. The van der Waals surface area contributed by atoms with E-state index >= 15 is 0 Å². The van der Waals surface area contributed by atoms with Gasteiger partial charge < -0.3 is 10.1 Å². The van der Waals surface area contributed by atoms with E-state index < -0.39 is 0 Å². The lowest BCUT2D eigenvalue weighted by Gasteiger charge is -2.23. The van der Waals surface area contributed by atoms with Crippen LogP contribution in [0.2, 0.25) is 0 Å². The number of carbonyl (C=O) groups is 1. The monoisotopic (exact) mass is 233 g/mol. The molecular weight excluding hydrogens is 214 g/mol. The number of morpholine rings is 1. The second kappa shape index (κ2) is 5.43. The summed E-state index contributed by atoms with van der Waals surface area (Å²) in [5, 5.41) is 3.31. The standard InChI is InChI=1S/C14H19NO2/c1-10-4-3-5-13(11(10)2)14(16)8-12-9-17-7-6-15-12/h3-5,12,15H,6-9H2,1-2H3. The van der Waals surface area contributed by atoms with E-state index in [1.807, 2.05) is 32.0 Å². The van der Waals surface area contributed by atoms with Crippen molar-refractivity contribution in [3.8, 4) is 0 Å².